The van der Waals surface area contributed by atoms with Crippen LogP contribution >= 0.6 is 11.6 Å². The zero-order chi connectivity index (χ0) is 10.0. The van der Waals surface area contributed by atoms with Crippen molar-refractivity contribution < 1.29 is 0 Å². The van der Waals surface area contributed by atoms with Gasteiger partial charge in [0.2, 0.25) is 0 Å². The maximum absolute atomic E-state index is 11.3. The van der Waals surface area contributed by atoms with Gasteiger partial charge in [-0.3, -0.25) is 4.79 Å². The van der Waals surface area contributed by atoms with Crippen molar-refractivity contribution in [2.75, 3.05) is 5.73 Å². The number of nitrogens with zero attached hydrogens (tertiary/aromatic N) is 1. The van der Waals surface area contributed by atoms with Gasteiger partial charge < -0.3 is 10.3 Å². The summed E-state index contributed by atoms with van der Waals surface area (Å²) in [6.45, 7) is 5.60. The number of hydrogen-bond acceptors (Lipinski definition) is 2. The van der Waals surface area contributed by atoms with Crippen molar-refractivity contribution in [3.63, 3.8) is 0 Å². The van der Waals surface area contributed by atoms with E-state index in [-0.39, 0.29) is 5.56 Å². The Bertz CT molecular complexity index is 395. The van der Waals surface area contributed by atoms with E-state index in [0.29, 0.717) is 23.0 Å². The molecule has 1 rings (SSSR count). The van der Waals surface area contributed by atoms with Gasteiger partial charge in [0, 0.05) is 16.8 Å². The number of rotatable bonds is 2. The predicted octanol–water partition coefficient (Wildman–Crippen LogP) is 1.49. The van der Waals surface area contributed by atoms with Gasteiger partial charge in [-0.15, -0.1) is 0 Å². The van der Waals surface area contributed by atoms with E-state index in [1.165, 1.54) is 10.6 Å². The first kappa shape index (κ1) is 9.86. The lowest BCUT2D eigenvalue weighted by molar-refractivity contribution is 0.743. The van der Waals surface area contributed by atoms with Crippen LogP contribution in [0.4, 0.5) is 5.69 Å². The summed E-state index contributed by atoms with van der Waals surface area (Å²) in [5.41, 5.74) is 6.81. The molecule has 0 aromatic carbocycles. The van der Waals surface area contributed by atoms with Gasteiger partial charge in [0.1, 0.15) is 0 Å². The Morgan fingerprint density at radius 2 is 2.31 bits per heavy atom. The van der Waals surface area contributed by atoms with Crippen LogP contribution in [0.1, 0.15) is 5.69 Å². The number of pyridine rings is 1. The number of aromatic nitrogens is 1. The predicted molar refractivity (Wildman–Crippen MR) is 54.8 cm³/mol. The first-order valence-corrected chi connectivity index (χ1v) is 4.19. The SMILES string of the molecule is C=C(Cl)Cn1c(C)c(N)ccc1=O. The third kappa shape index (κ3) is 2.12. The van der Waals surface area contributed by atoms with Gasteiger partial charge in [-0.1, -0.05) is 18.2 Å². The van der Waals surface area contributed by atoms with E-state index in [0.717, 1.165) is 0 Å². The molecule has 13 heavy (non-hydrogen) atoms. The van der Waals surface area contributed by atoms with Gasteiger partial charge in [0.15, 0.2) is 0 Å². The fraction of sp³-hybridized carbons (Fsp3) is 0.222. The van der Waals surface area contributed by atoms with Crippen LogP contribution in [-0.4, -0.2) is 4.57 Å². The molecule has 0 atom stereocenters. The lowest BCUT2D eigenvalue weighted by atomic mass is 10.3. The Labute approximate surface area is 81.4 Å². The quantitative estimate of drug-likeness (QED) is 0.783. The summed E-state index contributed by atoms with van der Waals surface area (Å²) in [5, 5.41) is 0.413. The lowest BCUT2D eigenvalue weighted by Gasteiger charge is -2.09. The van der Waals surface area contributed by atoms with Gasteiger partial charge in [-0.25, -0.2) is 0 Å². The van der Waals surface area contributed by atoms with Gasteiger partial charge in [0.25, 0.3) is 5.56 Å². The second-order valence-corrected chi connectivity index (χ2v) is 3.35. The molecule has 0 unspecified atom stereocenters. The van der Waals surface area contributed by atoms with Gasteiger partial charge in [0.05, 0.1) is 12.2 Å². The molecule has 0 saturated heterocycles. The van der Waals surface area contributed by atoms with E-state index in [2.05, 4.69) is 6.58 Å². The molecule has 0 aliphatic heterocycles. The largest absolute Gasteiger partial charge is 0.397 e. The van der Waals surface area contributed by atoms with Crippen LogP contribution in [0.3, 0.4) is 0 Å². The summed E-state index contributed by atoms with van der Waals surface area (Å²) < 4.78 is 1.49. The summed E-state index contributed by atoms with van der Waals surface area (Å²) in [5.74, 6) is 0. The van der Waals surface area contributed by atoms with Crippen molar-refractivity contribution in [1.29, 1.82) is 0 Å². The van der Waals surface area contributed by atoms with Crippen molar-refractivity contribution >= 4 is 17.3 Å². The number of hydrogen-bond donors (Lipinski definition) is 1. The lowest BCUT2D eigenvalue weighted by Crippen LogP contribution is -2.22. The van der Waals surface area contributed by atoms with E-state index in [9.17, 15) is 4.79 Å². The average Bonchev–Trinajstić information content (AvgIpc) is 2.05. The van der Waals surface area contributed by atoms with Gasteiger partial charge in [-0.05, 0) is 13.0 Å². The Morgan fingerprint density at radius 1 is 1.69 bits per heavy atom. The van der Waals surface area contributed by atoms with Crippen LogP contribution in [0.2, 0.25) is 0 Å². The molecule has 0 radical (unpaired) electrons. The smallest absolute Gasteiger partial charge is 0.251 e. The molecule has 2 N–H and O–H groups in total. The van der Waals surface area contributed by atoms with Crippen LogP contribution < -0.4 is 11.3 Å². The van der Waals surface area contributed by atoms with Crippen LogP contribution in [0.25, 0.3) is 0 Å². The van der Waals surface area contributed by atoms with Gasteiger partial charge in [-0.2, -0.15) is 0 Å². The molecular weight excluding hydrogens is 188 g/mol. The molecule has 0 bridgehead atoms. The molecule has 1 heterocycles. The zero-order valence-electron chi connectivity index (χ0n) is 7.38. The van der Waals surface area contributed by atoms with E-state index in [4.69, 9.17) is 17.3 Å². The number of allylic oxidation sites excluding steroid dienone is 1. The van der Waals surface area contributed by atoms with Crippen LogP contribution in [0, 0.1) is 6.92 Å². The number of nitrogens with two attached hydrogens (primary N) is 1. The Hall–Kier alpha value is -1.22. The molecule has 0 aliphatic carbocycles. The number of anilines is 1. The molecule has 0 amide bonds. The average molecular weight is 199 g/mol. The highest BCUT2D eigenvalue weighted by Crippen LogP contribution is 2.09. The second-order valence-electron chi connectivity index (χ2n) is 2.82. The highest BCUT2D eigenvalue weighted by atomic mass is 35.5. The van der Waals surface area contributed by atoms with Crippen LogP contribution in [0.15, 0.2) is 28.5 Å². The maximum Gasteiger partial charge on any atom is 0.251 e. The third-order valence-electron chi connectivity index (χ3n) is 1.82. The van der Waals surface area contributed by atoms with Crippen molar-refractivity contribution in [2.45, 2.75) is 13.5 Å². The Balaban J connectivity index is 3.25. The maximum atomic E-state index is 11.3. The topological polar surface area (TPSA) is 48.0 Å². The normalized spacial score (nSPS) is 10.0. The first-order valence-electron chi connectivity index (χ1n) is 3.81. The van der Waals surface area contributed by atoms with E-state index in [1.807, 2.05) is 0 Å². The van der Waals surface area contributed by atoms with Crippen molar-refractivity contribution in [3.8, 4) is 0 Å². The Kier molecular flexibility index (Phi) is 2.78. The van der Waals surface area contributed by atoms with Crippen LogP contribution in [0.5, 0.6) is 0 Å². The minimum Gasteiger partial charge on any atom is -0.397 e. The molecule has 1 aromatic rings. The Morgan fingerprint density at radius 3 is 2.85 bits per heavy atom. The molecule has 1 aromatic heterocycles. The number of nitrogen functional groups attached to an aromatic ring is 1. The van der Waals surface area contributed by atoms with Crippen LogP contribution in [-0.2, 0) is 6.54 Å². The molecular formula is C9H11ClN2O. The summed E-state index contributed by atoms with van der Waals surface area (Å²) in [6, 6.07) is 3.01. The number of halogens is 1. The zero-order valence-corrected chi connectivity index (χ0v) is 8.14. The summed E-state index contributed by atoms with van der Waals surface area (Å²) in [7, 11) is 0. The minimum absolute atomic E-state index is 0.117. The highest BCUT2D eigenvalue weighted by molar-refractivity contribution is 6.29. The molecule has 4 heteroatoms. The van der Waals surface area contributed by atoms with E-state index in [1.54, 1.807) is 13.0 Å². The second kappa shape index (κ2) is 3.66. The summed E-state index contributed by atoms with van der Waals surface area (Å²) in [6.07, 6.45) is 0. The third-order valence-corrected chi connectivity index (χ3v) is 1.94. The van der Waals surface area contributed by atoms with Crippen molar-refractivity contribution in [3.05, 3.63) is 39.8 Å². The van der Waals surface area contributed by atoms with E-state index < -0.39 is 0 Å². The molecule has 0 saturated carbocycles. The monoisotopic (exact) mass is 198 g/mol. The standard InChI is InChI=1S/C9H11ClN2O/c1-6(10)5-12-7(2)8(11)3-4-9(12)13/h3-4H,1,5,11H2,2H3. The summed E-state index contributed by atoms with van der Waals surface area (Å²) >= 11 is 5.61. The highest BCUT2D eigenvalue weighted by Gasteiger charge is 2.03. The first-order chi connectivity index (χ1) is 6.02. The molecule has 70 valence electrons. The fourth-order valence-corrected chi connectivity index (χ4v) is 1.18. The fourth-order valence-electron chi connectivity index (χ4n) is 1.06. The molecule has 3 nitrogen and oxygen atoms in total. The van der Waals surface area contributed by atoms with E-state index >= 15 is 0 Å². The molecule has 0 fully saturated rings. The van der Waals surface area contributed by atoms with Crippen molar-refractivity contribution in [2.24, 2.45) is 0 Å². The van der Waals surface area contributed by atoms with Gasteiger partial charge >= 0.3 is 0 Å². The molecule has 0 aliphatic rings. The minimum atomic E-state index is -0.117. The summed E-state index contributed by atoms with van der Waals surface area (Å²) in [4.78, 5) is 11.3. The molecule has 0 spiro atoms. The van der Waals surface area contributed by atoms with Crippen molar-refractivity contribution in [1.82, 2.24) is 4.57 Å².